The third-order valence-corrected chi connectivity index (χ3v) is 4.02. The van der Waals surface area contributed by atoms with Crippen molar-refractivity contribution in [2.24, 2.45) is 0 Å². The fourth-order valence-electron chi connectivity index (χ4n) is 2.73. The van der Waals surface area contributed by atoms with Gasteiger partial charge in [-0.25, -0.2) is 4.39 Å². The third kappa shape index (κ3) is 2.95. The number of hydrogen-bond acceptors (Lipinski definition) is 2. The Labute approximate surface area is 134 Å². The van der Waals surface area contributed by atoms with Crippen molar-refractivity contribution in [1.29, 1.82) is 0 Å². The number of nitrogens with zero attached hydrogens (tertiary/aromatic N) is 2. The molecule has 3 rings (SSSR count). The lowest BCUT2D eigenvalue weighted by atomic mass is 10.1. The topological polar surface area (TPSA) is 40.6 Å². The molecule has 2 aromatic carbocycles. The SMILES string of the molecule is CN(C(=O)c1ccc(N2CCCC2=O)cc1)c1ccccc1F. The van der Waals surface area contributed by atoms with Gasteiger partial charge >= 0.3 is 0 Å². The van der Waals surface area contributed by atoms with E-state index < -0.39 is 5.82 Å². The van der Waals surface area contributed by atoms with E-state index in [2.05, 4.69) is 0 Å². The van der Waals surface area contributed by atoms with E-state index in [0.717, 1.165) is 12.1 Å². The second kappa shape index (κ2) is 6.20. The number of hydrogen-bond donors (Lipinski definition) is 0. The van der Waals surface area contributed by atoms with E-state index in [4.69, 9.17) is 0 Å². The number of para-hydroxylation sites is 1. The molecular formula is C18H17FN2O2. The van der Waals surface area contributed by atoms with Gasteiger partial charge in [0.25, 0.3) is 5.91 Å². The highest BCUT2D eigenvalue weighted by molar-refractivity contribution is 6.06. The van der Waals surface area contributed by atoms with Crippen molar-refractivity contribution in [1.82, 2.24) is 0 Å². The molecule has 1 saturated heterocycles. The zero-order chi connectivity index (χ0) is 16.4. The fourth-order valence-corrected chi connectivity index (χ4v) is 2.73. The number of carbonyl (C=O) groups is 2. The van der Waals surface area contributed by atoms with Gasteiger partial charge in [0, 0.05) is 31.3 Å². The Kier molecular flexibility index (Phi) is 4.10. The van der Waals surface area contributed by atoms with Crippen LogP contribution in [0.3, 0.4) is 0 Å². The lowest BCUT2D eigenvalue weighted by molar-refractivity contribution is -0.117. The summed E-state index contributed by atoms with van der Waals surface area (Å²) in [5, 5.41) is 0. The van der Waals surface area contributed by atoms with E-state index in [-0.39, 0.29) is 17.5 Å². The van der Waals surface area contributed by atoms with Crippen LogP contribution < -0.4 is 9.80 Å². The second-order valence-corrected chi connectivity index (χ2v) is 5.51. The van der Waals surface area contributed by atoms with Gasteiger partial charge in [0.05, 0.1) is 5.69 Å². The predicted octanol–water partition coefficient (Wildman–Crippen LogP) is 3.23. The molecule has 23 heavy (non-hydrogen) atoms. The molecule has 1 heterocycles. The lowest BCUT2D eigenvalue weighted by Gasteiger charge is -2.19. The summed E-state index contributed by atoms with van der Waals surface area (Å²) in [6.07, 6.45) is 1.42. The lowest BCUT2D eigenvalue weighted by Crippen LogP contribution is -2.27. The van der Waals surface area contributed by atoms with Crippen molar-refractivity contribution in [2.45, 2.75) is 12.8 Å². The standard InChI is InChI=1S/C18H17FN2O2/c1-20(16-6-3-2-5-15(16)19)18(23)13-8-10-14(11-9-13)21-12-4-7-17(21)22/h2-3,5-6,8-11H,4,7,12H2,1H3. The fraction of sp³-hybridized carbons (Fsp3) is 0.222. The minimum Gasteiger partial charge on any atom is -0.312 e. The summed E-state index contributed by atoms with van der Waals surface area (Å²) in [7, 11) is 1.54. The molecule has 0 spiro atoms. The Balaban J connectivity index is 1.80. The first kappa shape index (κ1) is 15.2. The first-order valence-corrected chi connectivity index (χ1v) is 7.51. The van der Waals surface area contributed by atoms with Crippen LogP contribution in [0.15, 0.2) is 48.5 Å². The van der Waals surface area contributed by atoms with E-state index in [1.54, 1.807) is 54.4 Å². The van der Waals surface area contributed by atoms with Crippen molar-refractivity contribution in [3.8, 4) is 0 Å². The zero-order valence-corrected chi connectivity index (χ0v) is 12.8. The van der Waals surface area contributed by atoms with Crippen LogP contribution in [0, 0.1) is 5.82 Å². The molecule has 4 nitrogen and oxygen atoms in total. The Morgan fingerprint density at radius 3 is 2.43 bits per heavy atom. The van der Waals surface area contributed by atoms with Gasteiger partial charge in [-0.2, -0.15) is 0 Å². The number of benzene rings is 2. The highest BCUT2D eigenvalue weighted by Gasteiger charge is 2.22. The molecule has 0 N–H and O–H groups in total. The average Bonchev–Trinajstić information content (AvgIpc) is 3.00. The van der Waals surface area contributed by atoms with Crippen LogP contribution in [-0.4, -0.2) is 25.4 Å². The molecule has 0 saturated carbocycles. The van der Waals surface area contributed by atoms with E-state index in [1.165, 1.54) is 11.0 Å². The second-order valence-electron chi connectivity index (χ2n) is 5.51. The molecule has 2 aromatic rings. The highest BCUT2D eigenvalue weighted by Crippen LogP contribution is 2.23. The summed E-state index contributed by atoms with van der Waals surface area (Å²) in [6, 6.07) is 13.0. The maximum Gasteiger partial charge on any atom is 0.258 e. The van der Waals surface area contributed by atoms with Crippen LogP contribution >= 0.6 is 0 Å². The summed E-state index contributed by atoms with van der Waals surface area (Å²) in [6.45, 7) is 0.710. The Bertz CT molecular complexity index is 743. The number of halogens is 1. The Hall–Kier alpha value is -2.69. The largest absolute Gasteiger partial charge is 0.312 e. The van der Waals surface area contributed by atoms with Crippen molar-refractivity contribution in [3.63, 3.8) is 0 Å². The van der Waals surface area contributed by atoms with Crippen LogP contribution in [0.4, 0.5) is 15.8 Å². The molecule has 0 aliphatic carbocycles. The molecule has 1 aliphatic heterocycles. The van der Waals surface area contributed by atoms with E-state index >= 15 is 0 Å². The maximum atomic E-state index is 13.8. The summed E-state index contributed by atoms with van der Waals surface area (Å²) < 4.78 is 13.8. The first-order chi connectivity index (χ1) is 11.1. The molecule has 118 valence electrons. The van der Waals surface area contributed by atoms with Crippen LogP contribution in [0.5, 0.6) is 0 Å². The number of carbonyl (C=O) groups excluding carboxylic acids is 2. The Morgan fingerprint density at radius 1 is 1.13 bits per heavy atom. The third-order valence-electron chi connectivity index (χ3n) is 4.02. The molecule has 5 heteroatoms. The monoisotopic (exact) mass is 312 g/mol. The molecule has 0 unspecified atom stereocenters. The van der Waals surface area contributed by atoms with E-state index in [9.17, 15) is 14.0 Å². The molecule has 1 fully saturated rings. The van der Waals surface area contributed by atoms with Crippen molar-refractivity contribution in [3.05, 3.63) is 59.9 Å². The van der Waals surface area contributed by atoms with Crippen LogP contribution in [0.2, 0.25) is 0 Å². The van der Waals surface area contributed by atoms with Crippen LogP contribution in [-0.2, 0) is 4.79 Å². The molecule has 1 aliphatic rings. The summed E-state index contributed by atoms with van der Waals surface area (Å²) >= 11 is 0. The average molecular weight is 312 g/mol. The smallest absolute Gasteiger partial charge is 0.258 e. The van der Waals surface area contributed by atoms with Crippen molar-refractivity contribution < 1.29 is 14.0 Å². The molecule has 0 bridgehead atoms. The number of amides is 2. The van der Waals surface area contributed by atoms with Gasteiger partial charge in [-0.15, -0.1) is 0 Å². The minimum absolute atomic E-state index is 0.104. The van der Waals surface area contributed by atoms with Crippen LogP contribution in [0.1, 0.15) is 23.2 Å². The van der Waals surface area contributed by atoms with Crippen LogP contribution in [0.25, 0.3) is 0 Å². The number of anilines is 2. The highest BCUT2D eigenvalue weighted by atomic mass is 19.1. The Morgan fingerprint density at radius 2 is 1.83 bits per heavy atom. The molecule has 0 radical (unpaired) electrons. The molecule has 0 aromatic heterocycles. The van der Waals surface area contributed by atoms with Gasteiger partial charge in [0.2, 0.25) is 5.91 Å². The molecule has 2 amide bonds. The summed E-state index contributed by atoms with van der Waals surface area (Å²) in [4.78, 5) is 27.2. The van der Waals surface area contributed by atoms with E-state index in [1.807, 2.05) is 0 Å². The number of rotatable bonds is 3. The quantitative estimate of drug-likeness (QED) is 0.873. The normalized spacial score (nSPS) is 14.2. The van der Waals surface area contributed by atoms with Crippen molar-refractivity contribution >= 4 is 23.2 Å². The van der Waals surface area contributed by atoms with Gasteiger partial charge in [-0.1, -0.05) is 12.1 Å². The van der Waals surface area contributed by atoms with Gasteiger partial charge in [-0.3, -0.25) is 9.59 Å². The van der Waals surface area contributed by atoms with Crippen molar-refractivity contribution in [2.75, 3.05) is 23.4 Å². The van der Waals surface area contributed by atoms with Gasteiger partial charge in [0.15, 0.2) is 0 Å². The van der Waals surface area contributed by atoms with Gasteiger partial charge in [-0.05, 0) is 42.8 Å². The van der Waals surface area contributed by atoms with Gasteiger partial charge < -0.3 is 9.80 Å². The van der Waals surface area contributed by atoms with Gasteiger partial charge in [0.1, 0.15) is 5.82 Å². The summed E-state index contributed by atoms with van der Waals surface area (Å²) in [5.74, 6) is -0.635. The van der Waals surface area contributed by atoms with E-state index in [0.29, 0.717) is 18.5 Å². The maximum absolute atomic E-state index is 13.8. The minimum atomic E-state index is -0.442. The first-order valence-electron chi connectivity index (χ1n) is 7.51. The molecular weight excluding hydrogens is 295 g/mol. The molecule has 0 atom stereocenters. The zero-order valence-electron chi connectivity index (χ0n) is 12.8. The summed E-state index contributed by atoms with van der Waals surface area (Å²) in [5.41, 5.74) is 1.47. The predicted molar refractivity (Wildman–Crippen MR) is 87.2 cm³/mol.